The zero-order valence-corrected chi connectivity index (χ0v) is 14.0. The summed E-state index contributed by atoms with van der Waals surface area (Å²) < 4.78 is 41.0. The molecule has 1 aromatic carbocycles. The summed E-state index contributed by atoms with van der Waals surface area (Å²) in [5, 5.41) is 7.06. The summed E-state index contributed by atoms with van der Waals surface area (Å²) in [5.74, 6) is -0.446. The van der Waals surface area contributed by atoms with Crippen molar-refractivity contribution in [1.82, 2.24) is 14.5 Å². The van der Waals surface area contributed by atoms with Gasteiger partial charge in [-0.05, 0) is 37.1 Å². The number of rotatable bonds is 4. The minimum absolute atomic E-state index is 0.128. The first kappa shape index (κ1) is 16.1. The fourth-order valence-electron chi connectivity index (χ4n) is 3.31. The standard InChI is InChI=1S/C16H20FN3O2S/c1-3-12-9-15-14(10-18-19-15)16(4-2)20(12)23(21,22)13-7-5-11(17)6-8-13/h5-8,10,12,16H,3-4,9H2,1-2H3,(H,18,19)/t12-,16+/m0/s1. The van der Waals surface area contributed by atoms with E-state index in [9.17, 15) is 12.8 Å². The van der Waals surface area contributed by atoms with Crippen LogP contribution in [0.1, 0.15) is 44.0 Å². The van der Waals surface area contributed by atoms with Gasteiger partial charge in [-0.3, -0.25) is 5.10 Å². The Morgan fingerprint density at radius 2 is 1.96 bits per heavy atom. The predicted octanol–water partition coefficient (Wildman–Crippen LogP) is 3.03. The van der Waals surface area contributed by atoms with Gasteiger partial charge in [0.2, 0.25) is 10.0 Å². The Morgan fingerprint density at radius 1 is 1.26 bits per heavy atom. The van der Waals surface area contributed by atoms with Gasteiger partial charge >= 0.3 is 0 Å². The van der Waals surface area contributed by atoms with E-state index in [0.29, 0.717) is 19.3 Å². The average Bonchev–Trinajstić information content (AvgIpc) is 3.01. The van der Waals surface area contributed by atoms with E-state index in [0.717, 1.165) is 11.3 Å². The summed E-state index contributed by atoms with van der Waals surface area (Å²) in [6.07, 6.45) is 3.68. The van der Waals surface area contributed by atoms with Crippen LogP contribution in [0.2, 0.25) is 0 Å². The highest BCUT2D eigenvalue weighted by Crippen LogP contribution is 2.39. The molecule has 3 rings (SSSR count). The largest absolute Gasteiger partial charge is 0.282 e. The second kappa shape index (κ2) is 6.05. The van der Waals surface area contributed by atoms with Crippen LogP contribution in [-0.4, -0.2) is 29.0 Å². The fourth-order valence-corrected chi connectivity index (χ4v) is 5.24. The summed E-state index contributed by atoms with van der Waals surface area (Å²) in [4.78, 5) is 0.128. The van der Waals surface area contributed by atoms with E-state index in [4.69, 9.17) is 0 Å². The number of aromatic amines is 1. The molecule has 23 heavy (non-hydrogen) atoms. The minimum atomic E-state index is -3.70. The molecule has 124 valence electrons. The molecule has 7 heteroatoms. The van der Waals surface area contributed by atoms with Gasteiger partial charge in [-0.2, -0.15) is 9.40 Å². The molecule has 2 heterocycles. The van der Waals surface area contributed by atoms with Crippen LogP contribution in [0.5, 0.6) is 0 Å². The first-order chi connectivity index (χ1) is 11.0. The smallest absolute Gasteiger partial charge is 0.243 e. The number of nitrogens with one attached hydrogen (secondary N) is 1. The Hall–Kier alpha value is -1.73. The Kier molecular flexibility index (Phi) is 4.25. The summed E-state index contributed by atoms with van der Waals surface area (Å²) in [5.41, 5.74) is 1.94. The van der Waals surface area contributed by atoms with Crippen molar-refractivity contribution in [2.75, 3.05) is 0 Å². The van der Waals surface area contributed by atoms with Crippen molar-refractivity contribution in [2.45, 2.75) is 50.1 Å². The van der Waals surface area contributed by atoms with Crippen LogP contribution in [0.3, 0.4) is 0 Å². The molecule has 0 aliphatic carbocycles. The lowest BCUT2D eigenvalue weighted by Gasteiger charge is -2.40. The van der Waals surface area contributed by atoms with E-state index in [1.54, 1.807) is 10.5 Å². The Bertz CT molecular complexity index is 786. The summed E-state index contributed by atoms with van der Waals surface area (Å²) in [7, 11) is -3.70. The maximum absolute atomic E-state index is 13.1. The van der Waals surface area contributed by atoms with Crippen LogP contribution < -0.4 is 0 Å². The monoisotopic (exact) mass is 337 g/mol. The third kappa shape index (κ3) is 2.68. The van der Waals surface area contributed by atoms with Gasteiger partial charge in [0, 0.05) is 23.7 Å². The molecular formula is C16H20FN3O2S. The van der Waals surface area contributed by atoms with Crippen molar-refractivity contribution in [1.29, 1.82) is 0 Å². The van der Waals surface area contributed by atoms with E-state index >= 15 is 0 Å². The predicted molar refractivity (Wildman–Crippen MR) is 84.8 cm³/mol. The molecule has 0 spiro atoms. The van der Waals surface area contributed by atoms with E-state index in [1.165, 1.54) is 24.3 Å². The fraction of sp³-hybridized carbons (Fsp3) is 0.438. The van der Waals surface area contributed by atoms with Crippen molar-refractivity contribution < 1.29 is 12.8 Å². The zero-order chi connectivity index (χ0) is 16.6. The van der Waals surface area contributed by atoms with Gasteiger partial charge in [-0.15, -0.1) is 0 Å². The molecule has 0 bridgehead atoms. The summed E-state index contributed by atoms with van der Waals surface area (Å²) in [6, 6.07) is 4.63. The van der Waals surface area contributed by atoms with Gasteiger partial charge < -0.3 is 0 Å². The highest BCUT2D eigenvalue weighted by molar-refractivity contribution is 7.89. The van der Waals surface area contributed by atoms with E-state index < -0.39 is 15.8 Å². The third-order valence-electron chi connectivity index (χ3n) is 4.46. The minimum Gasteiger partial charge on any atom is -0.282 e. The SMILES string of the molecule is CC[C@H]1Cc2[nH]ncc2[C@@H](CC)N1S(=O)(=O)c1ccc(F)cc1. The number of H-pyrrole nitrogens is 1. The van der Waals surface area contributed by atoms with Gasteiger partial charge in [0.15, 0.2) is 0 Å². The van der Waals surface area contributed by atoms with Crippen molar-refractivity contribution in [3.8, 4) is 0 Å². The van der Waals surface area contributed by atoms with Crippen LogP contribution in [0.25, 0.3) is 0 Å². The summed E-state index contributed by atoms with van der Waals surface area (Å²) >= 11 is 0. The van der Waals surface area contributed by atoms with Gasteiger partial charge in [0.1, 0.15) is 5.82 Å². The maximum atomic E-state index is 13.1. The van der Waals surface area contributed by atoms with Gasteiger partial charge in [0.25, 0.3) is 0 Å². The molecule has 0 radical (unpaired) electrons. The van der Waals surface area contributed by atoms with Gasteiger partial charge in [-0.1, -0.05) is 13.8 Å². The molecule has 5 nitrogen and oxygen atoms in total. The van der Waals surface area contributed by atoms with Gasteiger partial charge in [-0.25, -0.2) is 12.8 Å². The molecule has 2 aromatic rings. The lowest BCUT2D eigenvalue weighted by Crippen LogP contribution is -2.46. The molecule has 1 aliphatic heterocycles. The van der Waals surface area contributed by atoms with Crippen molar-refractivity contribution >= 4 is 10.0 Å². The van der Waals surface area contributed by atoms with Crippen LogP contribution in [0, 0.1) is 5.82 Å². The first-order valence-electron chi connectivity index (χ1n) is 7.80. The number of fused-ring (bicyclic) bond motifs is 1. The molecule has 0 unspecified atom stereocenters. The Balaban J connectivity index is 2.09. The average molecular weight is 337 g/mol. The second-order valence-electron chi connectivity index (χ2n) is 5.78. The number of sulfonamides is 1. The number of hydrogen-bond donors (Lipinski definition) is 1. The number of nitrogens with zero attached hydrogens (tertiary/aromatic N) is 2. The van der Waals surface area contributed by atoms with E-state index in [1.807, 2.05) is 13.8 Å². The Morgan fingerprint density at radius 3 is 2.57 bits per heavy atom. The third-order valence-corrected chi connectivity index (χ3v) is 6.44. The summed E-state index contributed by atoms with van der Waals surface area (Å²) in [6.45, 7) is 3.94. The van der Waals surface area contributed by atoms with Gasteiger partial charge in [0.05, 0.1) is 17.1 Å². The molecule has 0 saturated carbocycles. The molecular weight excluding hydrogens is 317 g/mol. The van der Waals surface area contributed by atoms with Crippen molar-refractivity contribution in [3.05, 3.63) is 47.5 Å². The number of benzene rings is 1. The van der Waals surface area contributed by atoms with Crippen LogP contribution in [0.15, 0.2) is 35.4 Å². The normalized spacial score (nSPS) is 22.0. The van der Waals surface area contributed by atoms with Crippen LogP contribution in [-0.2, 0) is 16.4 Å². The number of aromatic nitrogens is 2. The molecule has 2 atom stereocenters. The number of halogens is 1. The van der Waals surface area contributed by atoms with E-state index in [-0.39, 0.29) is 17.0 Å². The highest BCUT2D eigenvalue weighted by Gasteiger charge is 2.41. The second-order valence-corrected chi connectivity index (χ2v) is 7.63. The number of hydrogen-bond acceptors (Lipinski definition) is 3. The van der Waals surface area contributed by atoms with Crippen LogP contribution in [0.4, 0.5) is 4.39 Å². The quantitative estimate of drug-likeness (QED) is 0.932. The maximum Gasteiger partial charge on any atom is 0.243 e. The Labute approximate surface area is 135 Å². The van der Waals surface area contributed by atoms with Crippen molar-refractivity contribution in [2.24, 2.45) is 0 Å². The lowest BCUT2D eigenvalue weighted by molar-refractivity contribution is 0.217. The van der Waals surface area contributed by atoms with Crippen LogP contribution >= 0.6 is 0 Å². The molecule has 0 amide bonds. The lowest BCUT2D eigenvalue weighted by atomic mass is 9.93. The molecule has 0 saturated heterocycles. The van der Waals surface area contributed by atoms with Crippen molar-refractivity contribution in [3.63, 3.8) is 0 Å². The zero-order valence-electron chi connectivity index (χ0n) is 13.2. The highest BCUT2D eigenvalue weighted by atomic mass is 32.2. The first-order valence-corrected chi connectivity index (χ1v) is 9.24. The molecule has 1 aliphatic rings. The van der Waals surface area contributed by atoms with E-state index in [2.05, 4.69) is 10.2 Å². The molecule has 0 fully saturated rings. The topological polar surface area (TPSA) is 66.1 Å². The molecule has 1 N–H and O–H groups in total. The molecule has 1 aromatic heterocycles.